The maximum Gasteiger partial charge on any atom is 0.272 e. The van der Waals surface area contributed by atoms with E-state index in [2.05, 4.69) is 39.7 Å². The van der Waals surface area contributed by atoms with Crippen LogP contribution in [0.3, 0.4) is 0 Å². The van der Waals surface area contributed by atoms with Crippen molar-refractivity contribution in [3.05, 3.63) is 76.4 Å². The Hall–Kier alpha value is -3.08. The van der Waals surface area contributed by atoms with Crippen LogP contribution in [0.4, 0.5) is 0 Å². The van der Waals surface area contributed by atoms with Crippen molar-refractivity contribution in [2.24, 2.45) is 5.41 Å². The first-order valence-corrected chi connectivity index (χ1v) is 11.9. The number of aryl methyl sites for hydroxylation is 2. The number of hydrogen-bond donors (Lipinski definition) is 1. The van der Waals surface area contributed by atoms with Gasteiger partial charge in [0.15, 0.2) is 0 Å². The topological polar surface area (TPSA) is 58.6 Å². The number of carbonyl (C=O) groups is 2. The molecule has 5 heteroatoms. The van der Waals surface area contributed by atoms with E-state index in [0.29, 0.717) is 23.3 Å². The molecular formula is C29H40N2O3. The molecule has 0 saturated carbocycles. The van der Waals surface area contributed by atoms with Crippen LogP contribution in [0.1, 0.15) is 83.5 Å². The summed E-state index contributed by atoms with van der Waals surface area (Å²) in [7, 11) is 1.60. The lowest BCUT2D eigenvalue weighted by atomic mass is 9.83. The third-order valence-corrected chi connectivity index (χ3v) is 6.08. The van der Waals surface area contributed by atoms with Crippen molar-refractivity contribution in [2.45, 2.75) is 73.8 Å². The SMILES string of the molecule is C=CCc1ccc(C(=O)NN(C(=O)c2cc(C)cc(C)c2)[C@H](CCC)C(C)(C)C)c(C)c1OC. The van der Waals surface area contributed by atoms with Crippen LogP contribution >= 0.6 is 0 Å². The van der Waals surface area contributed by atoms with E-state index < -0.39 is 0 Å². The molecule has 0 aliphatic carbocycles. The van der Waals surface area contributed by atoms with Crippen LogP contribution < -0.4 is 10.2 Å². The predicted octanol–water partition coefficient (Wildman–Crippen LogP) is 6.35. The largest absolute Gasteiger partial charge is 0.496 e. The minimum absolute atomic E-state index is 0.183. The second-order valence-electron chi connectivity index (χ2n) is 10.1. The van der Waals surface area contributed by atoms with Crippen molar-refractivity contribution >= 4 is 11.8 Å². The Balaban J connectivity index is 2.54. The minimum Gasteiger partial charge on any atom is -0.496 e. The van der Waals surface area contributed by atoms with E-state index in [4.69, 9.17) is 4.74 Å². The van der Waals surface area contributed by atoms with E-state index in [1.165, 1.54) is 0 Å². The molecule has 1 N–H and O–H groups in total. The molecule has 0 aliphatic heterocycles. The number of ether oxygens (including phenoxy) is 1. The number of allylic oxidation sites excluding steroid dienone is 1. The molecule has 184 valence electrons. The van der Waals surface area contributed by atoms with Crippen molar-refractivity contribution < 1.29 is 14.3 Å². The van der Waals surface area contributed by atoms with Crippen molar-refractivity contribution in [3.8, 4) is 5.75 Å². The third kappa shape index (κ3) is 6.28. The van der Waals surface area contributed by atoms with Crippen molar-refractivity contribution in [1.82, 2.24) is 10.4 Å². The van der Waals surface area contributed by atoms with Crippen LogP contribution in [0.2, 0.25) is 0 Å². The van der Waals surface area contributed by atoms with Gasteiger partial charge in [0.2, 0.25) is 0 Å². The van der Waals surface area contributed by atoms with E-state index in [-0.39, 0.29) is 23.3 Å². The number of methoxy groups -OCH3 is 1. The van der Waals surface area contributed by atoms with Crippen molar-refractivity contribution in [1.29, 1.82) is 0 Å². The highest BCUT2D eigenvalue weighted by Crippen LogP contribution is 2.30. The molecular weight excluding hydrogens is 424 g/mol. The first kappa shape index (κ1) is 27.2. The molecule has 0 unspecified atom stereocenters. The van der Waals surface area contributed by atoms with Crippen LogP contribution in [0, 0.1) is 26.2 Å². The molecule has 5 nitrogen and oxygen atoms in total. The standard InChI is InChI=1S/C29H40N2O3/c1-10-12-22-14-15-24(21(5)26(22)34-9)27(32)30-31(25(13-11-2)29(6,7)8)28(33)23-17-19(3)16-20(4)18-23/h10,14-18,25H,1,11-13H2,2-9H3,(H,30,32)/t25-/m1/s1. The van der Waals surface area contributed by atoms with Gasteiger partial charge in [0.25, 0.3) is 11.8 Å². The number of carbonyl (C=O) groups excluding carboxylic acids is 2. The quantitative estimate of drug-likeness (QED) is 0.366. The zero-order valence-corrected chi connectivity index (χ0v) is 22.0. The van der Waals surface area contributed by atoms with E-state index in [0.717, 1.165) is 35.1 Å². The molecule has 2 amide bonds. The van der Waals surface area contributed by atoms with Gasteiger partial charge < -0.3 is 4.74 Å². The highest BCUT2D eigenvalue weighted by atomic mass is 16.5. The number of rotatable bonds is 8. The molecule has 0 heterocycles. The molecule has 1 atom stereocenters. The summed E-state index contributed by atoms with van der Waals surface area (Å²) in [6.07, 6.45) is 4.10. The van der Waals surface area contributed by atoms with Gasteiger partial charge in [0, 0.05) is 16.7 Å². The summed E-state index contributed by atoms with van der Waals surface area (Å²) in [6, 6.07) is 9.27. The Morgan fingerprint density at radius 3 is 2.24 bits per heavy atom. The molecule has 0 aliphatic rings. The Labute approximate surface area is 205 Å². The van der Waals surface area contributed by atoms with Crippen LogP contribution in [-0.4, -0.2) is 30.0 Å². The molecule has 2 rings (SSSR count). The molecule has 34 heavy (non-hydrogen) atoms. The van der Waals surface area contributed by atoms with E-state index in [1.54, 1.807) is 24.3 Å². The van der Waals surface area contributed by atoms with Crippen LogP contribution in [-0.2, 0) is 6.42 Å². The summed E-state index contributed by atoms with van der Waals surface area (Å²) >= 11 is 0. The van der Waals surface area contributed by atoms with Crippen molar-refractivity contribution in [2.75, 3.05) is 7.11 Å². The van der Waals surface area contributed by atoms with E-state index >= 15 is 0 Å². The fraction of sp³-hybridized carbons (Fsp3) is 0.448. The maximum atomic E-state index is 13.8. The molecule has 0 fully saturated rings. The Bertz CT molecular complexity index is 1030. The fourth-order valence-electron chi connectivity index (χ4n) is 4.49. The van der Waals surface area contributed by atoms with Gasteiger partial charge >= 0.3 is 0 Å². The predicted molar refractivity (Wildman–Crippen MR) is 139 cm³/mol. The highest BCUT2D eigenvalue weighted by molar-refractivity contribution is 6.00. The fourth-order valence-corrected chi connectivity index (χ4v) is 4.49. The average molecular weight is 465 g/mol. The summed E-state index contributed by atoms with van der Waals surface area (Å²) in [5.74, 6) is 0.131. The first-order chi connectivity index (χ1) is 15.9. The maximum absolute atomic E-state index is 13.8. The van der Waals surface area contributed by atoms with E-state index in [1.807, 2.05) is 45.0 Å². The summed E-state index contributed by atoms with van der Waals surface area (Å²) in [5, 5.41) is 1.55. The Morgan fingerprint density at radius 2 is 1.74 bits per heavy atom. The number of benzene rings is 2. The summed E-state index contributed by atoms with van der Waals surface area (Å²) in [4.78, 5) is 27.3. The molecule has 0 saturated heterocycles. The molecule has 0 aromatic heterocycles. The highest BCUT2D eigenvalue weighted by Gasteiger charge is 2.35. The van der Waals surface area contributed by atoms with Gasteiger partial charge in [-0.15, -0.1) is 6.58 Å². The van der Waals surface area contributed by atoms with Gasteiger partial charge in [-0.25, -0.2) is 5.01 Å². The van der Waals surface area contributed by atoms with Gasteiger partial charge in [0.05, 0.1) is 13.2 Å². The third-order valence-electron chi connectivity index (χ3n) is 6.08. The van der Waals surface area contributed by atoms with Crippen LogP contribution in [0.15, 0.2) is 43.0 Å². The smallest absolute Gasteiger partial charge is 0.272 e. The summed E-state index contributed by atoms with van der Waals surface area (Å²) in [6.45, 7) is 18.0. The van der Waals surface area contributed by atoms with Gasteiger partial charge in [0.1, 0.15) is 5.75 Å². The summed E-state index contributed by atoms with van der Waals surface area (Å²) < 4.78 is 5.60. The monoisotopic (exact) mass is 464 g/mol. The number of amides is 2. The lowest BCUT2D eigenvalue weighted by Crippen LogP contribution is -2.56. The van der Waals surface area contributed by atoms with Gasteiger partial charge in [-0.1, -0.05) is 63.5 Å². The minimum atomic E-state index is -0.330. The number of hydrazine groups is 1. The van der Waals surface area contributed by atoms with Gasteiger partial charge in [-0.05, 0) is 62.8 Å². The number of nitrogens with one attached hydrogen (secondary N) is 1. The zero-order chi connectivity index (χ0) is 25.6. The molecule has 0 spiro atoms. The second kappa shape index (κ2) is 11.4. The number of nitrogens with zero attached hydrogens (tertiary/aromatic N) is 1. The Kier molecular flexibility index (Phi) is 9.08. The number of hydrogen-bond acceptors (Lipinski definition) is 3. The zero-order valence-electron chi connectivity index (χ0n) is 22.0. The molecule has 2 aromatic carbocycles. The first-order valence-electron chi connectivity index (χ1n) is 11.9. The lowest BCUT2D eigenvalue weighted by molar-refractivity contribution is 0.0270. The molecule has 2 aromatic rings. The van der Waals surface area contributed by atoms with Crippen molar-refractivity contribution in [3.63, 3.8) is 0 Å². The Morgan fingerprint density at radius 1 is 1.12 bits per heavy atom. The van der Waals surface area contributed by atoms with Gasteiger partial charge in [-0.2, -0.15) is 0 Å². The van der Waals surface area contributed by atoms with Gasteiger partial charge in [-0.3, -0.25) is 15.0 Å². The van der Waals surface area contributed by atoms with E-state index in [9.17, 15) is 9.59 Å². The molecule has 0 bridgehead atoms. The summed E-state index contributed by atoms with van der Waals surface area (Å²) in [5.41, 5.74) is 7.51. The van der Waals surface area contributed by atoms with Crippen LogP contribution in [0.25, 0.3) is 0 Å². The lowest BCUT2D eigenvalue weighted by Gasteiger charge is -2.40. The second-order valence-corrected chi connectivity index (χ2v) is 10.1. The average Bonchev–Trinajstić information content (AvgIpc) is 2.74. The normalized spacial score (nSPS) is 12.1. The van der Waals surface area contributed by atoms with Crippen LogP contribution in [0.5, 0.6) is 5.75 Å². The molecule has 0 radical (unpaired) electrons.